The van der Waals surface area contributed by atoms with Crippen molar-refractivity contribution in [3.05, 3.63) is 40.4 Å². The molecule has 7 nitrogen and oxygen atoms in total. The standard InChI is InChI=1S/C9H5FN2O5S/c10-18(15,16)9-5-7(11-17-9)6-3-1-2-4-8(6)12(13)14/h1-5H. The van der Waals surface area contributed by atoms with Gasteiger partial charge in [0.15, 0.2) is 0 Å². The highest BCUT2D eigenvalue weighted by molar-refractivity contribution is 7.86. The number of nitro benzene ring substituents is 1. The summed E-state index contributed by atoms with van der Waals surface area (Å²) < 4.78 is 38.0. The zero-order chi connectivity index (χ0) is 13.3. The van der Waals surface area contributed by atoms with Crippen LogP contribution in [0.1, 0.15) is 0 Å². The van der Waals surface area contributed by atoms with Crippen LogP contribution < -0.4 is 0 Å². The van der Waals surface area contributed by atoms with E-state index < -0.39 is 20.2 Å². The van der Waals surface area contributed by atoms with E-state index in [4.69, 9.17) is 0 Å². The molecule has 1 aromatic carbocycles. The van der Waals surface area contributed by atoms with Gasteiger partial charge in [-0.15, -0.1) is 0 Å². The summed E-state index contributed by atoms with van der Waals surface area (Å²) in [5.41, 5.74) is -0.367. The van der Waals surface area contributed by atoms with Gasteiger partial charge in [-0.25, -0.2) is 0 Å². The molecule has 0 saturated carbocycles. The lowest BCUT2D eigenvalue weighted by Gasteiger charge is -1.96. The van der Waals surface area contributed by atoms with Crippen LogP contribution in [-0.2, 0) is 10.2 Å². The van der Waals surface area contributed by atoms with Crippen LogP contribution in [0.4, 0.5) is 9.57 Å². The summed E-state index contributed by atoms with van der Waals surface area (Å²) in [5, 5.41) is 13.1. The molecule has 1 aromatic heterocycles. The highest BCUT2D eigenvalue weighted by atomic mass is 32.3. The molecule has 0 amide bonds. The molecule has 0 spiro atoms. The van der Waals surface area contributed by atoms with Crippen LogP contribution in [0.5, 0.6) is 0 Å². The van der Waals surface area contributed by atoms with Crippen LogP contribution in [-0.4, -0.2) is 18.5 Å². The molecule has 9 heteroatoms. The van der Waals surface area contributed by atoms with Crippen molar-refractivity contribution in [3.8, 4) is 11.3 Å². The number of aromatic nitrogens is 1. The Balaban J connectivity index is 2.57. The van der Waals surface area contributed by atoms with Crippen molar-refractivity contribution in [1.82, 2.24) is 5.16 Å². The molecule has 94 valence electrons. The molecule has 1 heterocycles. The number of halogens is 1. The second kappa shape index (κ2) is 4.18. The van der Waals surface area contributed by atoms with Gasteiger partial charge in [-0.3, -0.25) is 10.1 Å². The predicted molar refractivity (Wildman–Crippen MR) is 56.9 cm³/mol. The molecule has 0 saturated heterocycles. The average molecular weight is 272 g/mol. The van der Waals surface area contributed by atoms with E-state index in [1.165, 1.54) is 24.3 Å². The molecular formula is C9H5FN2O5S. The van der Waals surface area contributed by atoms with Gasteiger partial charge in [-0.05, 0) is 6.07 Å². The van der Waals surface area contributed by atoms with E-state index >= 15 is 0 Å². The first-order chi connectivity index (χ1) is 8.39. The summed E-state index contributed by atoms with van der Waals surface area (Å²) >= 11 is 0. The normalized spacial score (nSPS) is 11.4. The summed E-state index contributed by atoms with van der Waals surface area (Å²) in [7, 11) is -5.02. The van der Waals surface area contributed by atoms with Crippen LogP contribution in [0, 0.1) is 10.1 Å². The monoisotopic (exact) mass is 272 g/mol. The number of hydrogen-bond donors (Lipinski definition) is 0. The van der Waals surface area contributed by atoms with E-state index in [2.05, 4.69) is 9.68 Å². The van der Waals surface area contributed by atoms with E-state index in [0.29, 0.717) is 0 Å². The van der Waals surface area contributed by atoms with E-state index in [0.717, 1.165) is 6.07 Å². The zero-order valence-electron chi connectivity index (χ0n) is 8.61. The zero-order valence-corrected chi connectivity index (χ0v) is 9.43. The minimum Gasteiger partial charge on any atom is -0.341 e. The smallest absolute Gasteiger partial charge is 0.341 e. The third kappa shape index (κ3) is 2.20. The van der Waals surface area contributed by atoms with Gasteiger partial charge in [0.05, 0.1) is 10.5 Å². The Kier molecular flexibility index (Phi) is 2.83. The van der Waals surface area contributed by atoms with Crippen molar-refractivity contribution in [2.75, 3.05) is 0 Å². The lowest BCUT2D eigenvalue weighted by molar-refractivity contribution is -0.384. The van der Waals surface area contributed by atoms with Crippen molar-refractivity contribution in [3.63, 3.8) is 0 Å². The van der Waals surface area contributed by atoms with Gasteiger partial charge in [0.1, 0.15) is 5.69 Å². The number of nitrogens with zero attached hydrogens (tertiary/aromatic N) is 2. The molecule has 0 aliphatic carbocycles. The fourth-order valence-corrected chi connectivity index (χ4v) is 1.73. The Morgan fingerprint density at radius 3 is 2.56 bits per heavy atom. The van der Waals surface area contributed by atoms with Crippen molar-refractivity contribution in [1.29, 1.82) is 0 Å². The molecule has 2 rings (SSSR count). The molecule has 0 aliphatic heterocycles. The Morgan fingerprint density at radius 2 is 2.00 bits per heavy atom. The molecular weight excluding hydrogens is 267 g/mol. The Bertz CT molecular complexity index is 709. The fraction of sp³-hybridized carbons (Fsp3) is 0. The van der Waals surface area contributed by atoms with Crippen molar-refractivity contribution in [2.45, 2.75) is 5.09 Å². The van der Waals surface area contributed by atoms with Gasteiger partial charge in [0, 0.05) is 12.1 Å². The van der Waals surface area contributed by atoms with Gasteiger partial charge >= 0.3 is 10.2 Å². The van der Waals surface area contributed by atoms with E-state index in [9.17, 15) is 22.4 Å². The summed E-state index contributed by atoms with van der Waals surface area (Å²) in [6.07, 6.45) is 0. The number of benzene rings is 1. The van der Waals surface area contributed by atoms with E-state index in [1.807, 2.05) is 0 Å². The highest BCUT2D eigenvalue weighted by Gasteiger charge is 2.23. The second-order valence-corrected chi connectivity index (χ2v) is 4.52. The minimum absolute atomic E-state index is 0.0427. The first kappa shape index (κ1) is 12.2. The molecule has 0 atom stereocenters. The number of nitro groups is 1. The quantitative estimate of drug-likeness (QED) is 0.480. The number of hydrogen-bond acceptors (Lipinski definition) is 6. The molecule has 0 fully saturated rings. The molecule has 0 unspecified atom stereocenters. The van der Waals surface area contributed by atoms with E-state index in [-0.39, 0.29) is 16.9 Å². The Hall–Kier alpha value is -2.29. The van der Waals surface area contributed by atoms with Gasteiger partial charge in [0.25, 0.3) is 10.8 Å². The summed E-state index contributed by atoms with van der Waals surface area (Å²) in [5.74, 6) is 0. The molecule has 0 bridgehead atoms. The van der Waals surface area contributed by atoms with Crippen LogP contribution in [0.3, 0.4) is 0 Å². The fourth-order valence-electron chi connectivity index (χ4n) is 1.35. The molecule has 2 aromatic rings. The largest absolute Gasteiger partial charge is 0.368 e. The van der Waals surface area contributed by atoms with Crippen LogP contribution >= 0.6 is 0 Å². The Labute approximate surface area is 100 Å². The highest BCUT2D eigenvalue weighted by Crippen LogP contribution is 2.30. The maximum absolute atomic E-state index is 12.6. The first-order valence-electron chi connectivity index (χ1n) is 4.55. The molecule has 0 aliphatic rings. The van der Waals surface area contributed by atoms with Gasteiger partial charge in [-0.1, -0.05) is 21.2 Å². The van der Waals surface area contributed by atoms with Crippen molar-refractivity contribution < 1.29 is 21.7 Å². The number of rotatable bonds is 3. The minimum atomic E-state index is -5.02. The van der Waals surface area contributed by atoms with Crippen LogP contribution in [0.15, 0.2) is 39.9 Å². The third-order valence-electron chi connectivity index (χ3n) is 2.11. The second-order valence-electron chi connectivity index (χ2n) is 3.24. The molecule has 0 radical (unpaired) electrons. The van der Waals surface area contributed by atoms with Gasteiger partial charge < -0.3 is 4.52 Å². The van der Waals surface area contributed by atoms with Gasteiger partial charge in [-0.2, -0.15) is 8.42 Å². The lowest BCUT2D eigenvalue weighted by Crippen LogP contribution is -1.91. The summed E-state index contributed by atoms with van der Waals surface area (Å²) in [6, 6.07) is 6.30. The summed E-state index contributed by atoms with van der Waals surface area (Å²) in [4.78, 5) is 10.1. The van der Waals surface area contributed by atoms with Crippen LogP contribution in [0.2, 0.25) is 0 Å². The van der Waals surface area contributed by atoms with Gasteiger partial charge in [0.2, 0.25) is 0 Å². The van der Waals surface area contributed by atoms with Crippen LogP contribution in [0.25, 0.3) is 11.3 Å². The third-order valence-corrected chi connectivity index (χ3v) is 2.78. The molecule has 18 heavy (non-hydrogen) atoms. The average Bonchev–Trinajstić information content (AvgIpc) is 2.77. The summed E-state index contributed by atoms with van der Waals surface area (Å²) in [6.45, 7) is 0. The predicted octanol–water partition coefficient (Wildman–Crippen LogP) is 1.91. The maximum atomic E-state index is 12.6. The SMILES string of the molecule is O=[N+]([O-])c1ccccc1-c1cc(S(=O)(=O)F)on1. The maximum Gasteiger partial charge on any atom is 0.368 e. The molecule has 0 N–H and O–H groups in total. The van der Waals surface area contributed by atoms with E-state index in [1.54, 1.807) is 0 Å². The van der Waals surface area contributed by atoms with Crippen molar-refractivity contribution >= 4 is 15.9 Å². The lowest BCUT2D eigenvalue weighted by atomic mass is 10.1. The Morgan fingerprint density at radius 1 is 1.33 bits per heavy atom. The number of para-hydroxylation sites is 1. The van der Waals surface area contributed by atoms with Crippen molar-refractivity contribution in [2.24, 2.45) is 0 Å². The first-order valence-corrected chi connectivity index (χ1v) is 5.93. The topological polar surface area (TPSA) is 103 Å².